The van der Waals surface area contributed by atoms with Gasteiger partial charge in [0.25, 0.3) is 5.56 Å². The van der Waals surface area contributed by atoms with Crippen LogP contribution < -0.4 is 10.9 Å². The highest BCUT2D eigenvalue weighted by atomic mass is 16.4. The van der Waals surface area contributed by atoms with E-state index >= 15 is 0 Å². The number of fused-ring (bicyclic) bond motifs is 1. The highest BCUT2D eigenvalue weighted by molar-refractivity contribution is 5.86. The minimum Gasteiger partial charge on any atom is -0.394 e. The normalized spacial score (nSPS) is 15.4. The molecular formula is C21H22N2O6. The highest BCUT2D eigenvalue weighted by Gasteiger charge is 2.31. The van der Waals surface area contributed by atoms with Crippen LogP contribution in [0.2, 0.25) is 0 Å². The monoisotopic (exact) mass is 398 g/mol. The molecule has 0 saturated heterocycles. The predicted molar refractivity (Wildman–Crippen MR) is 109 cm³/mol. The number of nitrogens with one attached hydrogen (secondary N) is 2. The smallest absolute Gasteiger partial charge is 0.256 e. The summed E-state index contributed by atoms with van der Waals surface area (Å²) in [6.07, 6.45) is -4.55. The Balaban J connectivity index is 1.88. The van der Waals surface area contributed by atoms with Gasteiger partial charge in [0.1, 0.15) is 30.6 Å². The number of anilines is 1. The van der Waals surface area contributed by atoms with Gasteiger partial charge in [0, 0.05) is 11.3 Å². The van der Waals surface area contributed by atoms with Crippen LogP contribution in [0.15, 0.2) is 59.4 Å². The van der Waals surface area contributed by atoms with Crippen LogP contribution in [0.1, 0.15) is 0 Å². The molecule has 0 amide bonds. The van der Waals surface area contributed by atoms with Crippen molar-refractivity contribution in [2.75, 3.05) is 11.9 Å². The standard InChI is InChI=1S/C21H22N2O6/c24-10-17(19(27)20(28)18(26)11-25)22-14-7-6-13-8-15(12-4-2-1-3-5-12)21(29)23-16(13)9-14/h1-10,17-20,22,25-28H,11H2,(H,23,29)/t17-,18+,19+,20+/m1/s1. The van der Waals surface area contributed by atoms with E-state index in [2.05, 4.69) is 10.3 Å². The molecule has 0 radical (unpaired) electrons. The van der Waals surface area contributed by atoms with Gasteiger partial charge in [-0.3, -0.25) is 4.79 Å². The Morgan fingerprint density at radius 3 is 2.38 bits per heavy atom. The number of aliphatic hydroxyl groups excluding tert-OH is 4. The fourth-order valence-corrected chi connectivity index (χ4v) is 3.06. The minimum absolute atomic E-state index is 0.269. The Kier molecular flexibility index (Phi) is 6.40. The Bertz CT molecular complexity index is 1040. The maximum atomic E-state index is 12.5. The highest BCUT2D eigenvalue weighted by Crippen LogP contribution is 2.22. The lowest BCUT2D eigenvalue weighted by atomic mass is 10.0. The number of aldehydes is 1. The van der Waals surface area contributed by atoms with Gasteiger partial charge >= 0.3 is 0 Å². The lowest BCUT2D eigenvalue weighted by Crippen LogP contribution is -2.49. The molecule has 1 aromatic heterocycles. The molecule has 3 aromatic rings. The molecule has 0 saturated carbocycles. The van der Waals surface area contributed by atoms with Crippen LogP contribution in [0, 0.1) is 0 Å². The molecule has 2 aromatic carbocycles. The summed E-state index contributed by atoms with van der Waals surface area (Å²) >= 11 is 0. The molecule has 1 heterocycles. The van der Waals surface area contributed by atoms with Gasteiger partial charge in [-0.2, -0.15) is 0 Å². The summed E-state index contributed by atoms with van der Waals surface area (Å²) in [6, 6.07) is 14.8. The Labute approximate surface area is 166 Å². The van der Waals surface area contributed by atoms with Crippen molar-refractivity contribution in [3.63, 3.8) is 0 Å². The molecule has 0 bridgehead atoms. The van der Waals surface area contributed by atoms with Gasteiger partial charge < -0.3 is 35.5 Å². The van der Waals surface area contributed by atoms with E-state index in [9.17, 15) is 24.9 Å². The number of carbonyl (C=O) groups excluding carboxylic acids is 1. The van der Waals surface area contributed by atoms with Crippen LogP contribution in [0.3, 0.4) is 0 Å². The van der Waals surface area contributed by atoms with Crippen molar-refractivity contribution >= 4 is 22.9 Å². The second kappa shape index (κ2) is 8.97. The van der Waals surface area contributed by atoms with E-state index in [1.807, 2.05) is 30.3 Å². The van der Waals surface area contributed by atoms with Gasteiger partial charge in [-0.1, -0.05) is 36.4 Å². The fraction of sp³-hybridized carbons (Fsp3) is 0.238. The topological polar surface area (TPSA) is 143 Å². The summed E-state index contributed by atoms with van der Waals surface area (Å²) in [6.45, 7) is -0.759. The third kappa shape index (κ3) is 4.52. The number of hydrogen-bond acceptors (Lipinski definition) is 7. The lowest BCUT2D eigenvalue weighted by molar-refractivity contribution is -0.117. The van der Waals surface area contributed by atoms with Gasteiger partial charge in [0.05, 0.1) is 12.1 Å². The first-order chi connectivity index (χ1) is 13.9. The first-order valence-electron chi connectivity index (χ1n) is 9.04. The van der Waals surface area contributed by atoms with Crippen LogP contribution in [0.25, 0.3) is 22.0 Å². The number of H-pyrrole nitrogens is 1. The lowest BCUT2D eigenvalue weighted by Gasteiger charge is -2.26. The average Bonchev–Trinajstić information content (AvgIpc) is 2.75. The molecule has 0 aliphatic heterocycles. The quantitative estimate of drug-likeness (QED) is 0.299. The molecule has 29 heavy (non-hydrogen) atoms. The van der Waals surface area contributed by atoms with Crippen LogP contribution in [-0.4, -0.2) is 62.7 Å². The Morgan fingerprint density at radius 2 is 1.72 bits per heavy atom. The molecule has 0 spiro atoms. The summed E-state index contributed by atoms with van der Waals surface area (Å²) in [7, 11) is 0. The first kappa shape index (κ1) is 20.7. The van der Waals surface area contributed by atoms with Crippen molar-refractivity contribution in [3.8, 4) is 11.1 Å². The van der Waals surface area contributed by atoms with E-state index in [4.69, 9.17) is 5.11 Å². The van der Waals surface area contributed by atoms with Crippen LogP contribution >= 0.6 is 0 Å². The number of benzene rings is 2. The fourth-order valence-electron chi connectivity index (χ4n) is 3.06. The van der Waals surface area contributed by atoms with Gasteiger partial charge in [-0.25, -0.2) is 0 Å². The van der Waals surface area contributed by atoms with Crippen molar-refractivity contribution in [2.24, 2.45) is 0 Å². The number of pyridine rings is 1. The molecule has 4 atom stereocenters. The zero-order valence-corrected chi connectivity index (χ0v) is 15.4. The van der Waals surface area contributed by atoms with Crippen molar-refractivity contribution in [2.45, 2.75) is 24.4 Å². The zero-order chi connectivity index (χ0) is 21.0. The molecule has 152 valence electrons. The van der Waals surface area contributed by atoms with Crippen molar-refractivity contribution in [1.29, 1.82) is 0 Å². The van der Waals surface area contributed by atoms with Gasteiger partial charge in [0.2, 0.25) is 0 Å². The SMILES string of the molecule is O=C[C@@H](Nc1ccc2cc(-c3ccccc3)c(=O)[nH]c2c1)[C@H](O)[C@@H](O)[C@@H](O)CO. The van der Waals surface area contributed by atoms with E-state index in [0.29, 0.717) is 23.1 Å². The van der Waals surface area contributed by atoms with E-state index in [0.717, 1.165) is 10.9 Å². The third-order valence-electron chi connectivity index (χ3n) is 4.71. The summed E-state index contributed by atoms with van der Waals surface area (Å²) in [5.41, 5.74) is 1.99. The Morgan fingerprint density at radius 1 is 1.00 bits per heavy atom. The van der Waals surface area contributed by atoms with E-state index in [-0.39, 0.29) is 5.56 Å². The maximum absolute atomic E-state index is 12.5. The number of aromatic amines is 1. The molecule has 8 nitrogen and oxygen atoms in total. The zero-order valence-electron chi connectivity index (χ0n) is 15.4. The summed E-state index contributed by atoms with van der Waals surface area (Å²) < 4.78 is 0. The molecule has 3 rings (SSSR count). The van der Waals surface area contributed by atoms with Gasteiger partial charge in [-0.15, -0.1) is 0 Å². The van der Waals surface area contributed by atoms with Crippen molar-refractivity contribution < 1.29 is 25.2 Å². The van der Waals surface area contributed by atoms with E-state index < -0.39 is 31.0 Å². The van der Waals surface area contributed by atoms with Gasteiger partial charge in [-0.05, 0) is 29.1 Å². The van der Waals surface area contributed by atoms with Crippen LogP contribution in [-0.2, 0) is 4.79 Å². The number of hydrogen-bond donors (Lipinski definition) is 6. The Hall–Kier alpha value is -3.04. The maximum Gasteiger partial charge on any atom is 0.256 e. The van der Waals surface area contributed by atoms with Crippen molar-refractivity contribution in [3.05, 3.63) is 65.0 Å². The summed E-state index contributed by atoms with van der Waals surface area (Å²) in [5, 5.41) is 41.8. The second-order valence-electron chi connectivity index (χ2n) is 6.72. The van der Waals surface area contributed by atoms with E-state index in [1.54, 1.807) is 24.3 Å². The predicted octanol–water partition coefficient (Wildman–Crippen LogP) is 0.249. The van der Waals surface area contributed by atoms with E-state index in [1.165, 1.54) is 0 Å². The number of carbonyl (C=O) groups is 1. The second-order valence-corrected chi connectivity index (χ2v) is 6.72. The molecule has 0 aliphatic rings. The van der Waals surface area contributed by atoms with Crippen LogP contribution in [0.4, 0.5) is 5.69 Å². The molecule has 8 heteroatoms. The largest absolute Gasteiger partial charge is 0.394 e. The van der Waals surface area contributed by atoms with Gasteiger partial charge in [0.15, 0.2) is 0 Å². The number of aliphatic hydroxyl groups is 4. The summed E-state index contributed by atoms with van der Waals surface area (Å²) in [5.74, 6) is 0. The number of aromatic nitrogens is 1. The molecule has 0 unspecified atom stereocenters. The first-order valence-corrected chi connectivity index (χ1v) is 9.04. The molecule has 0 aliphatic carbocycles. The molecular weight excluding hydrogens is 376 g/mol. The molecule has 0 fully saturated rings. The van der Waals surface area contributed by atoms with Crippen molar-refractivity contribution in [1.82, 2.24) is 4.98 Å². The molecule has 6 N–H and O–H groups in total. The number of rotatable bonds is 8. The third-order valence-corrected chi connectivity index (χ3v) is 4.71. The average molecular weight is 398 g/mol. The minimum atomic E-state index is -1.71. The summed E-state index contributed by atoms with van der Waals surface area (Å²) in [4.78, 5) is 26.6. The van der Waals surface area contributed by atoms with Crippen LogP contribution in [0.5, 0.6) is 0 Å².